The van der Waals surface area contributed by atoms with E-state index in [-0.39, 0.29) is 0 Å². The van der Waals surface area contributed by atoms with E-state index in [9.17, 15) is 0 Å². The Hall–Kier alpha value is -0.820. The fraction of sp³-hybridized carbons (Fsp3) is 0.571. The van der Waals surface area contributed by atoms with Crippen molar-refractivity contribution >= 4 is 0 Å². The molecule has 0 unspecified atom stereocenters. The molecule has 1 nitrogen and oxygen atoms in total. The first-order chi connectivity index (χ1) is 7.26. The van der Waals surface area contributed by atoms with Crippen molar-refractivity contribution in [1.29, 1.82) is 0 Å². The standard InChI is InChI=1S/C14H19N/c15-13-9-14(10-13)7-12(8-14)6-11-4-2-1-3-5-11/h1-5,12-13H,6-10,15H2. The van der Waals surface area contributed by atoms with Crippen LogP contribution in [0.4, 0.5) is 0 Å². The molecule has 2 aliphatic carbocycles. The van der Waals surface area contributed by atoms with Crippen LogP contribution in [0.1, 0.15) is 31.2 Å². The summed E-state index contributed by atoms with van der Waals surface area (Å²) in [5, 5.41) is 0. The lowest BCUT2D eigenvalue weighted by Crippen LogP contribution is -2.53. The van der Waals surface area contributed by atoms with E-state index in [0.717, 1.165) is 5.92 Å². The highest BCUT2D eigenvalue weighted by atomic mass is 14.7. The minimum absolute atomic E-state index is 0.516. The molecule has 0 aliphatic heterocycles. The molecule has 2 N–H and O–H groups in total. The van der Waals surface area contributed by atoms with Gasteiger partial charge >= 0.3 is 0 Å². The summed E-state index contributed by atoms with van der Waals surface area (Å²) in [6.45, 7) is 0. The van der Waals surface area contributed by atoms with Crippen LogP contribution >= 0.6 is 0 Å². The Balaban J connectivity index is 1.52. The third kappa shape index (κ3) is 1.69. The number of rotatable bonds is 2. The average Bonchev–Trinajstić information content (AvgIpc) is 2.14. The van der Waals surface area contributed by atoms with Crippen molar-refractivity contribution in [3.63, 3.8) is 0 Å². The SMILES string of the molecule is NC1CC2(C1)CC(Cc1ccccc1)C2. The van der Waals surface area contributed by atoms with Gasteiger partial charge in [-0.05, 0) is 49.0 Å². The van der Waals surface area contributed by atoms with E-state index in [1.165, 1.54) is 37.7 Å². The zero-order chi connectivity index (χ0) is 10.3. The molecule has 0 heterocycles. The fourth-order valence-corrected chi connectivity index (χ4v) is 3.64. The molecule has 80 valence electrons. The molecule has 0 aromatic heterocycles. The van der Waals surface area contributed by atoms with Crippen LogP contribution in [0.25, 0.3) is 0 Å². The van der Waals surface area contributed by atoms with Crippen molar-refractivity contribution in [2.24, 2.45) is 17.1 Å². The van der Waals surface area contributed by atoms with Gasteiger partial charge in [-0.1, -0.05) is 30.3 Å². The van der Waals surface area contributed by atoms with Crippen LogP contribution in [0.2, 0.25) is 0 Å². The van der Waals surface area contributed by atoms with Gasteiger partial charge in [-0.3, -0.25) is 0 Å². The summed E-state index contributed by atoms with van der Waals surface area (Å²) in [5.41, 5.74) is 8.06. The molecule has 1 aromatic rings. The van der Waals surface area contributed by atoms with Crippen molar-refractivity contribution < 1.29 is 0 Å². The van der Waals surface area contributed by atoms with Gasteiger partial charge in [0.15, 0.2) is 0 Å². The van der Waals surface area contributed by atoms with Crippen LogP contribution in [-0.4, -0.2) is 6.04 Å². The molecule has 0 atom stereocenters. The minimum atomic E-state index is 0.516. The Labute approximate surface area is 91.7 Å². The van der Waals surface area contributed by atoms with Gasteiger partial charge in [0.1, 0.15) is 0 Å². The summed E-state index contributed by atoms with van der Waals surface area (Å²) in [7, 11) is 0. The van der Waals surface area contributed by atoms with Crippen molar-refractivity contribution in [3.05, 3.63) is 35.9 Å². The molecular formula is C14H19N. The van der Waals surface area contributed by atoms with E-state index in [1.54, 1.807) is 0 Å². The summed E-state index contributed by atoms with van der Waals surface area (Å²) in [4.78, 5) is 0. The van der Waals surface area contributed by atoms with Crippen LogP contribution in [0.5, 0.6) is 0 Å². The Morgan fingerprint density at radius 1 is 1.07 bits per heavy atom. The first-order valence-corrected chi connectivity index (χ1v) is 6.05. The number of hydrogen-bond donors (Lipinski definition) is 1. The van der Waals surface area contributed by atoms with E-state index < -0.39 is 0 Å². The van der Waals surface area contributed by atoms with Crippen LogP contribution in [0, 0.1) is 11.3 Å². The first kappa shape index (κ1) is 9.41. The van der Waals surface area contributed by atoms with Crippen LogP contribution in [0.3, 0.4) is 0 Å². The van der Waals surface area contributed by atoms with E-state index in [1.807, 2.05) is 0 Å². The highest BCUT2D eigenvalue weighted by molar-refractivity contribution is 5.17. The molecule has 1 aromatic carbocycles. The number of nitrogens with two attached hydrogens (primary N) is 1. The van der Waals surface area contributed by atoms with Gasteiger partial charge in [-0.25, -0.2) is 0 Å². The molecular weight excluding hydrogens is 182 g/mol. The van der Waals surface area contributed by atoms with Crippen LogP contribution < -0.4 is 5.73 Å². The lowest BCUT2D eigenvalue weighted by Gasteiger charge is -2.57. The first-order valence-electron chi connectivity index (χ1n) is 6.05. The second-order valence-corrected chi connectivity index (χ2v) is 5.63. The zero-order valence-corrected chi connectivity index (χ0v) is 9.15. The fourth-order valence-electron chi connectivity index (χ4n) is 3.64. The van der Waals surface area contributed by atoms with Crippen LogP contribution in [-0.2, 0) is 6.42 Å². The molecule has 15 heavy (non-hydrogen) atoms. The maximum Gasteiger partial charge on any atom is 0.00494 e. The maximum absolute atomic E-state index is 5.86. The van der Waals surface area contributed by atoms with Gasteiger partial charge in [0.25, 0.3) is 0 Å². The smallest absolute Gasteiger partial charge is 0.00494 e. The van der Waals surface area contributed by atoms with E-state index in [2.05, 4.69) is 30.3 Å². The minimum Gasteiger partial charge on any atom is -0.328 e. The zero-order valence-electron chi connectivity index (χ0n) is 9.15. The lowest BCUT2D eigenvalue weighted by atomic mass is 9.49. The summed E-state index contributed by atoms with van der Waals surface area (Å²) < 4.78 is 0. The maximum atomic E-state index is 5.86. The van der Waals surface area contributed by atoms with E-state index in [4.69, 9.17) is 5.73 Å². The Morgan fingerprint density at radius 2 is 1.73 bits per heavy atom. The summed E-state index contributed by atoms with van der Waals surface area (Å²) in [6, 6.07) is 11.4. The Morgan fingerprint density at radius 3 is 2.33 bits per heavy atom. The molecule has 0 bridgehead atoms. The summed E-state index contributed by atoms with van der Waals surface area (Å²) >= 11 is 0. The largest absolute Gasteiger partial charge is 0.328 e. The molecule has 0 saturated heterocycles. The second kappa shape index (κ2) is 3.34. The monoisotopic (exact) mass is 201 g/mol. The second-order valence-electron chi connectivity index (χ2n) is 5.63. The third-order valence-corrected chi connectivity index (χ3v) is 4.20. The quantitative estimate of drug-likeness (QED) is 0.782. The highest BCUT2D eigenvalue weighted by Gasteiger charge is 2.51. The van der Waals surface area contributed by atoms with Crippen molar-refractivity contribution in [2.45, 2.75) is 38.1 Å². The van der Waals surface area contributed by atoms with Crippen molar-refractivity contribution in [2.75, 3.05) is 0 Å². The molecule has 1 spiro atoms. The molecule has 0 radical (unpaired) electrons. The Bertz CT molecular complexity index is 330. The normalized spacial score (nSPS) is 38.5. The van der Waals surface area contributed by atoms with Crippen molar-refractivity contribution in [1.82, 2.24) is 0 Å². The molecule has 0 amide bonds. The lowest BCUT2D eigenvalue weighted by molar-refractivity contribution is -0.0384. The van der Waals surface area contributed by atoms with Gasteiger partial charge in [-0.15, -0.1) is 0 Å². The molecule has 2 saturated carbocycles. The predicted octanol–water partition coefficient (Wildman–Crippen LogP) is 2.75. The molecule has 3 rings (SSSR count). The average molecular weight is 201 g/mol. The van der Waals surface area contributed by atoms with Gasteiger partial charge in [0.2, 0.25) is 0 Å². The predicted molar refractivity (Wildman–Crippen MR) is 62.5 cm³/mol. The summed E-state index contributed by atoms with van der Waals surface area (Å²) in [5.74, 6) is 0.930. The van der Waals surface area contributed by atoms with E-state index >= 15 is 0 Å². The number of benzene rings is 1. The third-order valence-electron chi connectivity index (χ3n) is 4.20. The Kier molecular flexibility index (Phi) is 2.10. The van der Waals surface area contributed by atoms with Gasteiger partial charge in [0, 0.05) is 6.04 Å². The van der Waals surface area contributed by atoms with Gasteiger partial charge in [0.05, 0.1) is 0 Å². The number of hydrogen-bond acceptors (Lipinski definition) is 1. The van der Waals surface area contributed by atoms with E-state index in [0.29, 0.717) is 11.5 Å². The van der Waals surface area contributed by atoms with Crippen molar-refractivity contribution in [3.8, 4) is 0 Å². The summed E-state index contributed by atoms with van der Waals surface area (Å²) in [6.07, 6.45) is 6.71. The topological polar surface area (TPSA) is 26.0 Å². The molecule has 2 aliphatic rings. The molecule has 2 fully saturated rings. The van der Waals surface area contributed by atoms with Crippen LogP contribution in [0.15, 0.2) is 30.3 Å². The van der Waals surface area contributed by atoms with Gasteiger partial charge < -0.3 is 5.73 Å². The molecule has 1 heteroatoms. The van der Waals surface area contributed by atoms with Gasteiger partial charge in [-0.2, -0.15) is 0 Å². The highest BCUT2D eigenvalue weighted by Crippen LogP contribution is 2.58.